The van der Waals surface area contributed by atoms with Gasteiger partial charge in [0.05, 0.1) is 21.4 Å². The first-order valence-corrected chi connectivity index (χ1v) is 13.0. The van der Waals surface area contributed by atoms with Gasteiger partial charge < -0.3 is 9.88 Å². The lowest BCUT2D eigenvalue weighted by molar-refractivity contribution is 0.686. The average molecular weight is 453 g/mol. The predicted octanol–water partition coefficient (Wildman–Crippen LogP) is 7.22. The zero-order chi connectivity index (χ0) is 22.6. The van der Waals surface area contributed by atoms with Gasteiger partial charge in [-0.3, -0.25) is 4.21 Å². The molecule has 3 nitrogen and oxygen atoms in total. The lowest BCUT2D eigenvalue weighted by Gasteiger charge is -2.27. The Balaban J connectivity index is 1.32. The number of anilines is 2. The molecule has 4 heteroatoms. The summed E-state index contributed by atoms with van der Waals surface area (Å²) in [4.78, 5) is 6.69. The van der Waals surface area contributed by atoms with Crippen molar-refractivity contribution < 1.29 is 4.21 Å². The Morgan fingerprint density at radius 3 is 2.33 bits per heavy atom. The molecule has 1 aromatic heterocycles. The van der Waals surface area contributed by atoms with Crippen molar-refractivity contribution in [1.29, 1.82) is 0 Å². The topological polar surface area (TPSA) is 36.1 Å². The average Bonchev–Trinajstić information content (AvgIpc) is 3.23. The molecule has 0 aliphatic rings. The van der Waals surface area contributed by atoms with Crippen molar-refractivity contribution >= 4 is 44.0 Å². The first-order valence-electron chi connectivity index (χ1n) is 11.4. The largest absolute Gasteiger partial charge is 0.355 e. The van der Waals surface area contributed by atoms with E-state index < -0.39 is 10.8 Å². The van der Waals surface area contributed by atoms with Crippen LogP contribution < -0.4 is 4.90 Å². The van der Waals surface area contributed by atoms with E-state index in [0.717, 1.165) is 42.1 Å². The molecule has 166 valence electrons. The first-order chi connectivity index (χ1) is 16.2. The van der Waals surface area contributed by atoms with Crippen molar-refractivity contribution in [3.8, 4) is 0 Å². The highest BCUT2D eigenvalue weighted by molar-refractivity contribution is 7.84. The molecule has 1 heterocycles. The predicted molar refractivity (Wildman–Crippen MR) is 141 cm³/mol. The zero-order valence-electron chi connectivity index (χ0n) is 18.8. The minimum absolute atomic E-state index is 0.881. The number of hydrogen-bond donors (Lipinski definition) is 1. The monoisotopic (exact) mass is 452 g/mol. The summed E-state index contributed by atoms with van der Waals surface area (Å²) < 4.78 is 12.4. The number of benzene rings is 4. The van der Waals surface area contributed by atoms with E-state index in [-0.39, 0.29) is 0 Å². The number of para-hydroxylation sites is 3. The molecule has 0 saturated carbocycles. The first kappa shape index (κ1) is 21.5. The van der Waals surface area contributed by atoms with Crippen molar-refractivity contribution in [2.75, 3.05) is 17.7 Å². The Kier molecular flexibility index (Phi) is 6.27. The number of aromatic amines is 1. The second-order valence-electron chi connectivity index (χ2n) is 8.42. The van der Waals surface area contributed by atoms with E-state index in [4.69, 9.17) is 0 Å². The molecule has 1 atom stereocenters. The summed E-state index contributed by atoms with van der Waals surface area (Å²) in [7, 11) is -1.04. The third-order valence-electron chi connectivity index (χ3n) is 6.20. The number of aromatic nitrogens is 1. The van der Waals surface area contributed by atoms with Crippen LogP contribution in [0.4, 0.5) is 11.4 Å². The summed E-state index contributed by atoms with van der Waals surface area (Å²) in [5, 5.41) is 2.59. The van der Waals surface area contributed by atoms with Gasteiger partial charge in [-0.25, -0.2) is 0 Å². The molecular formula is C29H28N2OS. The van der Waals surface area contributed by atoms with Gasteiger partial charge in [-0.1, -0.05) is 54.6 Å². The van der Waals surface area contributed by atoms with Gasteiger partial charge in [-0.05, 0) is 67.3 Å². The molecule has 0 amide bonds. The van der Waals surface area contributed by atoms with E-state index in [0.29, 0.717) is 0 Å². The van der Waals surface area contributed by atoms with Gasteiger partial charge in [0, 0.05) is 40.3 Å². The molecule has 1 unspecified atom stereocenters. The smallest absolute Gasteiger partial charge is 0.0622 e. The van der Waals surface area contributed by atoms with Gasteiger partial charge in [0.15, 0.2) is 0 Å². The quantitative estimate of drug-likeness (QED) is 0.252. The molecule has 33 heavy (non-hydrogen) atoms. The third kappa shape index (κ3) is 4.57. The van der Waals surface area contributed by atoms with Gasteiger partial charge in [0.1, 0.15) is 0 Å². The van der Waals surface area contributed by atoms with Gasteiger partial charge in [-0.2, -0.15) is 0 Å². The van der Waals surface area contributed by atoms with Crippen LogP contribution in [0.15, 0.2) is 102 Å². The normalized spacial score (nSPS) is 12.3. The molecule has 1 N–H and O–H groups in total. The van der Waals surface area contributed by atoms with Crippen molar-refractivity contribution in [2.24, 2.45) is 0 Å². The number of nitrogens with one attached hydrogen (secondary N) is 1. The SMILES string of the molecule is CS(=O)c1ccccc1N(CCCCc1ccc2[nH]c3ccccc3c2c1)c1ccccc1. The van der Waals surface area contributed by atoms with Crippen LogP contribution in [0.5, 0.6) is 0 Å². The van der Waals surface area contributed by atoms with Crippen LogP contribution in [0, 0.1) is 0 Å². The van der Waals surface area contributed by atoms with E-state index in [2.05, 4.69) is 82.7 Å². The Labute approximate surface area is 197 Å². The lowest BCUT2D eigenvalue weighted by Crippen LogP contribution is -2.20. The Hall–Kier alpha value is -3.37. The maximum absolute atomic E-state index is 12.4. The summed E-state index contributed by atoms with van der Waals surface area (Å²) in [6, 6.07) is 33.7. The number of nitrogens with zero attached hydrogens (tertiary/aromatic N) is 1. The van der Waals surface area contributed by atoms with Crippen molar-refractivity contribution in [3.05, 3.63) is 103 Å². The van der Waals surface area contributed by atoms with E-state index in [1.54, 1.807) is 6.26 Å². The number of fused-ring (bicyclic) bond motifs is 3. The van der Waals surface area contributed by atoms with E-state index in [1.807, 2.05) is 24.3 Å². The molecule has 0 saturated heterocycles. The van der Waals surface area contributed by atoms with Gasteiger partial charge >= 0.3 is 0 Å². The molecule has 5 rings (SSSR count). The highest BCUT2D eigenvalue weighted by atomic mass is 32.2. The summed E-state index contributed by atoms with van der Waals surface area (Å²) in [5.74, 6) is 0. The molecule has 4 aromatic carbocycles. The summed E-state index contributed by atoms with van der Waals surface area (Å²) in [5.41, 5.74) is 5.92. The molecule has 5 aromatic rings. The molecule has 0 fully saturated rings. The van der Waals surface area contributed by atoms with Crippen LogP contribution in [0.2, 0.25) is 0 Å². The number of aryl methyl sites for hydroxylation is 1. The van der Waals surface area contributed by atoms with Crippen molar-refractivity contribution in [1.82, 2.24) is 4.98 Å². The molecule has 0 spiro atoms. The number of unbranched alkanes of at least 4 members (excludes halogenated alkanes) is 1. The standard InChI is InChI=1S/C29H28N2OS/c1-33(32)29-17-8-7-16-28(29)31(23-12-3-2-4-13-23)20-10-9-11-22-18-19-27-25(21-22)24-14-5-6-15-26(24)30-27/h2-8,12-19,21,30H,9-11,20H2,1H3. The highest BCUT2D eigenvalue weighted by Gasteiger charge is 2.15. The number of rotatable bonds is 8. The van der Waals surface area contributed by atoms with E-state index in [1.165, 1.54) is 27.4 Å². The van der Waals surface area contributed by atoms with Crippen LogP contribution in [0.3, 0.4) is 0 Å². The van der Waals surface area contributed by atoms with Crippen LogP contribution in [0.1, 0.15) is 18.4 Å². The highest BCUT2D eigenvalue weighted by Crippen LogP contribution is 2.31. The second kappa shape index (κ2) is 9.63. The molecule has 0 bridgehead atoms. The fraction of sp³-hybridized carbons (Fsp3) is 0.172. The van der Waals surface area contributed by atoms with Crippen molar-refractivity contribution in [2.45, 2.75) is 24.2 Å². The fourth-order valence-corrected chi connectivity index (χ4v) is 5.31. The lowest BCUT2D eigenvalue weighted by atomic mass is 10.0. The zero-order valence-corrected chi connectivity index (χ0v) is 19.6. The van der Waals surface area contributed by atoms with Gasteiger partial charge in [0.25, 0.3) is 0 Å². The second-order valence-corrected chi connectivity index (χ2v) is 9.76. The maximum atomic E-state index is 12.4. The number of hydrogen-bond acceptors (Lipinski definition) is 2. The Morgan fingerprint density at radius 2 is 1.48 bits per heavy atom. The minimum Gasteiger partial charge on any atom is -0.355 e. The molecule has 0 aliphatic heterocycles. The molecule has 0 aliphatic carbocycles. The van der Waals surface area contributed by atoms with Crippen LogP contribution in [-0.4, -0.2) is 22.0 Å². The van der Waals surface area contributed by atoms with E-state index in [9.17, 15) is 4.21 Å². The van der Waals surface area contributed by atoms with Crippen LogP contribution in [-0.2, 0) is 17.2 Å². The van der Waals surface area contributed by atoms with E-state index >= 15 is 0 Å². The Morgan fingerprint density at radius 1 is 0.758 bits per heavy atom. The minimum atomic E-state index is -1.04. The fourth-order valence-electron chi connectivity index (χ4n) is 4.57. The van der Waals surface area contributed by atoms with Crippen LogP contribution >= 0.6 is 0 Å². The third-order valence-corrected chi connectivity index (χ3v) is 7.17. The maximum Gasteiger partial charge on any atom is 0.0622 e. The molecule has 0 radical (unpaired) electrons. The number of H-pyrrole nitrogens is 1. The summed E-state index contributed by atoms with van der Waals surface area (Å²) >= 11 is 0. The Bertz CT molecular complexity index is 1410. The van der Waals surface area contributed by atoms with Gasteiger partial charge in [0.2, 0.25) is 0 Å². The van der Waals surface area contributed by atoms with Gasteiger partial charge in [-0.15, -0.1) is 0 Å². The summed E-state index contributed by atoms with van der Waals surface area (Å²) in [6.07, 6.45) is 4.93. The van der Waals surface area contributed by atoms with Crippen LogP contribution in [0.25, 0.3) is 21.8 Å². The van der Waals surface area contributed by atoms with Crippen molar-refractivity contribution in [3.63, 3.8) is 0 Å². The molecular weight excluding hydrogens is 424 g/mol. The summed E-state index contributed by atoms with van der Waals surface area (Å²) in [6.45, 7) is 0.882.